The molecule has 1 aromatic carbocycles. The molecule has 1 aliphatic heterocycles. The lowest BCUT2D eigenvalue weighted by atomic mass is 9.86. The third-order valence-corrected chi connectivity index (χ3v) is 4.58. The van der Waals surface area contributed by atoms with E-state index in [4.69, 9.17) is 9.15 Å². The molecule has 5 heteroatoms. The summed E-state index contributed by atoms with van der Waals surface area (Å²) < 4.78 is 11.1. The van der Waals surface area contributed by atoms with Crippen molar-refractivity contribution in [2.45, 2.75) is 38.5 Å². The van der Waals surface area contributed by atoms with E-state index in [-0.39, 0.29) is 11.7 Å². The van der Waals surface area contributed by atoms with Crippen LogP contribution in [0.2, 0.25) is 0 Å². The summed E-state index contributed by atoms with van der Waals surface area (Å²) in [5.74, 6) is 0.0461. The molecule has 5 nitrogen and oxygen atoms in total. The van der Waals surface area contributed by atoms with Gasteiger partial charge in [0, 0.05) is 17.0 Å². The number of furan rings is 1. The average Bonchev–Trinajstić information content (AvgIpc) is 2.95. The van der Waals surface area contributed by atoms with Gasteiger partial charge in [0.1, 0.15) is 11.3 Å². The maximum atomic E-state index is 11.7. The van der Waals surface area contributed by atoms with Crippen LogP contribution in [0.25, 0.3) is 11.0 Å². The van der Waals surface area contributed by atoms with Gasteiger partial charge in [-0.2, -0.15) is 0 Å². The fourth-order valence-electron chi connectivity index (χ4n) is 3.55. The predicted molar refractivity (Wildman–Crippen MR) is 88.6 cm³/mol. The molecule has 0 unspecified atom stereocenters. The van der Waals surface area contributed by atoms with Crippen LogP contribution in [-0.4, -0.2) is 31.3 Å². The number of carbonyl (C=O) groups is 1. The first kappa shape index (κ1) is 15.9. The van der Waals surface area contributed by atoms with E-state index in [1.807, 2.05) is 6.07 Å². The minimum absolute atomic E-state index is 0.0949. The van der Waals surface area contributed by atoms with Gasteiger partial charge < -0.3 is 19.6 Å². The van der Waals surface area contributed by atoms with Crippen LogP contribution in [0, 0.1) is 0 Å². The van der Waals surface area contributed by atoms with Crippen LogP contribution in [-0.2, 0) is 6.42 Å². The molecule has 0 aliphatic carbocycles. The Morgan fingerprint density at radius 1 is 1.39 bits per heavy atom. The summed E-state index contributed by atoms with van der Waals surface area (Å²) >= 11 is 0. The Bertz CT molecular complexity index is 713. The fraction of sp³-hybridized carbons (Fsp3) is 0.500. The second-order valence-electron chi connectivity index (χ2n) is 6.08. The molecule has 0 atom stereocenters. The lowest BCUT2D eigenvalue weighted by molar-refractivity contribution is 0.0662. The highest BCUT2D eigenvalue weighted by Crippen LogP contribution is 2.40. The number of carboxylic acids is 1. The first-order valence-corrected chi connectivity index (χ1v) is 8.23. The van der Waals surface area contributed by atoms with Gasteiger partial charge in [0.05, 0.1) is 7.11 Å². The maximum Gasteiger partial charge on any atom is 0.372 e. The van der Waals surface area contributed by atoms with E-state index in [1.165, 1.54) is 0 Å². The molecule has 3 rings (SSSR count). The van der Waals surface area contributed by atoms with Gasteiger partial charge in [0.2, 0.25) is 5.76 Å². The van der Waals surface area contributed by atoms with Crippen molar-refractivity contribution in [3.8, 4) is 5.75 Å². The molecular formula is C18H23NO4. The number of fused-ring (bicyclic) bond motifs is 1. The molecule has 124 valence electrons. The number of aryl methyl sites for hydroxylation is 1. The molecule has 0 bridgehead atoms. The molecule has 1 aliphatic rings. The minimum Gasteiger partial charge on any atom is -0.497 e. The highest BCUT2D eigenvalue weighted by molar-refractivity contribution is 5.97. The topological polar surface area (TPSA) is 71.7 Å². The monoisotopic (exact) mass is 317 g/mol. The number of carboxylic acid groups (broad SMARTS) is 1. The van der Waals surface area contributed by atoms with Crippen molar-refractivity contribution in [3.05, 3.63) is 29.0 Å². The van der Waals surface area contributed by atoms with Crippen LogP contribution in [0.15, 0.2) is 16.5 Å². The molecule has 2 N–H and O–H groups in total. The lowest BCUT2D eigenvalue weighted by Crippen LogP contribution is -2.27. The third kappa shape index (κ3) is 2.93. The Balaban J connectivity index is 2.24. The van der Waals surface area contributed by atoms with Gasteiger partial charge in [-0.15, -0.1) is 0 Å². The van der Waals surface area contributed by atoms with E-state index in [2.05, 4.69) is 12.2 Å². The zero-order chi connectivity index (χ0) is 16.4. The second-order valence-corrected chi connectivity index (χ2v) is 6.08. The van der Waals surface area contributed by atoms with Gasteiger partial charge in [-0.25, -0.2) is 4.79 Å². The van der Waals surface area contributed by atoms with Gasteiger partial charge in [-0.05, 0) is 49.9 Å². The molecule has 2 aromatic rings. The molecule has 1 aromatic heterocycles. The van der Waals surface area contributed by atoms with Gasteiger partial charge in [-0.3, -0.25) is 0 Å². The molecule has 1 fully saturated rings. The Morgan fingerprint density at radius 3 is 2.74 bits per heavy atom. The fourth-order valence-corrected chi connectivity index (χ4v) is 3.55. The summed E-state index contributed by atoms with van der Waals surface area (Å²) in [6, 6.07) is 3.81. The number of hydrogen-bond donors (Lipinski definition) is 2. The van der Waals surface area contributed by atoms with Crippen molar-refractivity contribution >= 4 is 16.9 Å². The highest BCUT2D eigenvalue weighted by atomic mass is 16.5. The largest absolute Gasteiger partial charge is 0.497 e. The number of ether oxygens (including phenoxy) is 1. The number of rotatable bonds is 5. The zero-order valence-electron chi connectivity index (χ0n) is 13.6. The van der Waals surface area contributed by atoms with Crippen molar-refractivity contribution in [2.24, 2.45) is 0 Å². The van der Waals surface area contributed by atoms with Crippen LogP contribution in [0.5, 0.6) is 5.75 Å². The van der Waals surface area contributed by atoms with Gasteiger partial charge >= 0.3 is 5.97 Å². The lowest BCUT2D eigenvalue weighted by Gasteiger charge is -2.23. The van der Waals surface area contributed by atoms with Crippen LogP contribution in [0.4, 0.5) is 0 Å². The van der Waals surface area contributed by atoms with Gasteiger partial charge in [0.25, 0.3) is 0 Å². The van der Waals surface area contributed by atoms with Crippen molar-refractivity contribution in [2.75, 3.05) is 20.2 Å². The van der Waals surface area contributed by atoms with Crippen molar-refractivity contribution < 1.29 is 19.1 Å². The Kier molecular flexibility index (Phi) is 4.57. The van der Waals surface area contributed by atoms with Gasteiger partial charge in [0.15, 0.2) is 0 Å². The summed E-state index contributed by atoms with van der Waals surface area (Å²) in [4.78, 5) is 11.7. The summed E-state index contributed by atoms with van der Waals surface area (Å²) in [5, 5.41) is 13.9. The van der Waals surface area contributed by atoms with Crippen LogP contribution in [0.1, 0.15) is 53.8 Å². The summed E-state index contributed by atoms with van der Waals surface area (Å²) in [6.07, 6.45) is 3.74. The van der Waals surface area contributed by atoms with Crippen LogP contribution < -0.4 is 10.1 Å². The third-order valence-electron chi connectivity index (χ3n) is 4.58. The molecule has 23 heavy (non-hydrogen) atoms. The van der Waals surface area contributed by atoms with Gasteiger partial charge in [-0.1, -0.05) is 13.3 Å². The van der Waals surface area contributed by atoms with E-state index in [1.54, 1.807) is 13.2 Å². The second kappa shape index (κ2) is 6.62. The van der Waals surface area contributed by atoms with E-state index < -0.39 is 5.97 Å². The summed E-state index contributed by atoms with van der Waals surface area (Å²) in [7, 11) is 1.62. The molecule has 0 saturated carbocycles. The molecule has 2 heterocycles. The molecular weight excluding hydrogens is 294 g/mol. The number of aromatic carboxylic acids is 1. The smallest absolute Gasteiger partial charge is 0.372 e. The molecule has 0 spiro atoms. The average molecular weight is 317 g/mol. The van der Waals surface area contributed by atoms with Crippen molar-refractivity contribution in [1.82, 2.24) is 5.32 Å². The Labute approximate surface area is 135 Å². The van der Waals surface area contributed by atoms with Crippen LogP contribution in [0.3, 0.4) is 0 Å². The number of methoxy groups -OCH3 is 1. The number of piperidine rings is 1. The molecule has 0 radical (unpaired) electrons. The summed E-state index contributed by atoms with van der Waals surface area (Å²) in [5.41, 5.74) is 2.62. The zero-order valence-corrected chi connectivity index (χ0v) is 13.6. The Hall–Kier alpha value is -2.01. The minimum atomic E-state index is -0.990. The van der Waals surface area contributed by atoms with E-state index >= 15 is 0 Å². The normalized spacial score (nSPS) is 15.9. The number of nitrogens with one attached hydrogen (secondary N) is 1. The maximum absolute atomic E-state index is 11.7. The quantitative estimate of drug-likeness (QED) is 0.882. The molecule has 1 saturated heterocycles. The van der Waals surface area contributed by atoms with E-state index in [0.29, 0.717) is 11.3 Å². The number of benzene rings is 1. The summed E-state index contributed by atoms with van der Waals surface area (Å²) in [6.45, 7) is 3.94. The first-order valence-electron chi connectivity index (χ1n) is 8.23. The van der Waals surface area contributed by atoms with E-state index in [0.717, 1.165) is 55.3 Å². The SMILES string of the molecule is CCCc1cc(OC)cc2oc(C(=O)O)c(C3CCNCC3)c12. The predicted octanol–water partition coefficient (Wildman–Crippen LogP) is 3.56. The van der Waals surface area contributed by atoms with E-state index in [9.17, 15) is 9.90 Å². The Morgan fingerprint density at radius 2 is 2.13 bits per heavy atom. The van der Waals surface area contributed by atoms with Crippen molar-refractivity contribution in [3.63, 3.8) is 0 Å². The first-order chi connectivity index (χ1) is 11.2. The van der Waals surface area contributed by atoms with Crippen LogP contribution >= 0.6 is 0 Å². The van der Waals surface area contributed by atoms with Crippen molar-refractivity contribution in [1.29, 1.82) is 0 Å². The molecule has 0 amide bonds. The standard InChI is InChI=1S/C18H23NO4/c1-3-4-12-9-13(22-2)10-14-15(12)16(17(23-14)18(20)21)11-5-7-19-8-6-11/h9-11,19H,3-8H2,1-2H3,(H,20,21). The highest BCUT2D eigenvalue weighted by Gasteiger charge is 2.29. The number of hydrogen-bond acceptors (Lipinski definition) is 4.